The molecule has 73 heavy (non-hydrogen) atoms. The summed E-state index contributed by atoms with van der Waals surface area (Å²) in [5, 5.41) is 30.3. The average Bonchev–Trinajstić information content (AvgIpc) is 4.16. The summed E-state index contributed by atoms with van der Waals surface area (Å²) < 4.78 is 19.3. The Bertz CT molecular complexity index is 3280. The summed E-state index contributed by atoms with van der Waals surface area (Å²) in [6, 6.07) is 22.4. The number of ether oxygens (including phenoxy) is 3. The first kappa shape index (κ1) is 49.2. The van der Waals surface area contributed by atoms with Crippen molar-refractivity contribution in [2.75, 3.05) is 57.3 Å². The Hall–Kier alpha value is -8.76. The monoisotopic (exact) mass is 988 g/mol. The lowest BCUT2D eigenvalue weighted by molar-refractivity contribution is 0.0642. The molecule has 0 radical (unpaired) electrons. The highest BCUT2D eigenvalue weighted by Crippen LogP contribution is 2.27. The molecule has 5 N–H and O–H groups in total. The zero-order chi connectivity index (χ0) is 50.5. The van der Waals surface area contributed by atoms with Crippen LogP contribution in [0.2, 0.25) is 0 Å². The van der Waals surface area contributed by atoms with Crippen molar-refractivity contribution in [2.24, 2.45) is 11.8 Å². The highest BCUT2D eigenvalue weighted by atomic mass is 16.5. The highest BCUT2D eigenvalue weighted by Gasteiger charge is 2.24. The molecule has 4 amide bonds. The molecular weight excluding hydrogens is 937 g/mol. The normalized spacial score (nSPS) is 13.9. The van der Waals surface area contributed by atoms with Gasteiger partial charge in [-0.2, -0.15) is 0 Å². The number of aromatic amines is 1. The van der Waals surface area contributed by atoms with E-state index in [1.807, 2.05) is 60.7 Å². The first-order chi connectivity index (χ1) is 35.7. The van der Waals surface area contributed by atoms with Gasteiger partial charge in [0.2, 0.25) is 5.88 Å². The summed E-state index contributed by atoms with van der Waals surface area (Å²) in [7, 11) is 1.44. The Morgan fingerprint density at radius 2 is 1.12 bits per heavy atom. The van der Waals surface area contributed by atoms with E-state index in [2.05, 4.69) is 61.8 Å². The molecular formula is C51H52N14O8. The quantitative estimate of drug-likeness (QED) is 0.0935. The number of nitrogens with one attached hydrogen (secondary N) is 5. The van der Waals surface area contributed by atoms with Gasteiger partial charge in [-0.25, -0.2) is 24.3 Å². The minimum absolute atomic E-state index is 0.00753. The van der Waals surface area contributed by atoms with Crippen LogP contribution in [0.5, 0.6) is 5.88 Å². The number of H-pyrrole nitrogens is 1. The number of fused-ring (bicyclic) bond motifs is 2. The molecule has 374 valence electrons. The highest BCUT2D eigenvalue weighted by molar-refractivity contribution is 6.15. The van der Waals surface area contributed by atoms with Gasteiger partial charge in [-0.1, -0.05) is 71.1 Å². The minimum atomic E-state index is -0.535. The first-order valence-corrected chi connectivity index (χ1v) is 23.7. The minimum Gasteiger partial charge on any atom is -0.480 e. The lowest BCUT2D eigenvalue weighted by Crippen LogP contribution is -2.34. The van der Waals surface area contributed by atoms with Gasteiger partial charge in [0.1, 0.15) is 0 Å². The molecule has 22 nitrogen and oxygen atoms in total. The maximum absolute atomic E-state index is 13.4. The largest absolute Gasteiger partial charge is 0.480 e. The van der Waals surface area contributed by atoms with E-state index in [0.717, 1.165) is 64.6 Å². The molecule has 10 rings (SSSR count). The number of anilines is 2. The number of carbonyl (C=O) groups excluding carboxylic acids is 4. The molecule has 0 unspecified atom stereocenters. The number of hydrogen-bond acceptors (Lipinski definition) is 15. The fraction of sp³-hybridized carbons (Fsp3) is 0.294. The zero-order valence-corrected chi connectivity index (χ0v) is 39.8. The van der Waals surface area contributed by atoms with Crippen molar-refractivity contribution in [3.63, 3.8) is 0 Å². The van der Waals surface area contributed by atoms with Crippen molar-refractivity contribution in [3.8, 4) is 5.88 Å². The van der Waals surface area contributed by atoms with E-state index in [4.69, 9.17) is 14.2 Å². The van der Waals surface area contributed by atoms with Crippen LogP contribution in [0.1, 0.15) is 78.5 Å². The fourth-order valence-corrected chi connectivity index (χ4v) is 8.66. The Morgan fingerprint density at radius 3 is 1.63 bits per heavy atom. The summed E-state index contributed by atoms with van der Waals surface area (Å²) in [6.45, 7) is 4.66. The maximum Gasteiger partial charge on any atom is 0.273 e. The predicted octanol–water partition coefficient (Wildman–Crippen LogP) is 4.66. The molecule has 8 aromatic rings. The van der Waals surface area contributed by atoms with E-state index in [1.165, 1.54) is 13.3 Å². The first-order valence-electron chi connectivity index (χ1n) is 23.7. The summed E-state index contributed by atoms with van der Waals surface area (Å²) in [5.41, 5.74) is 2.20. The summed E-state index contributed by atoms with van der Waals surface area (Å²) in [5.74, 6) is -0.930. The third-order valence-electron chi connectivity index (χ3n) is 12.6. The summed E-state index contributed by atoms with van der Waals surface area (Å²) in [6.07, 6.45) is 12.7. The second-order valence-corrected chi connectivity index (χ2v) is 17.4. The van der Waals surface area contributed by atoms with E-state index >= 15 is 0 Å². The molecule has 2 fully saturated rings. The van der Waals surface area contributed by atoms with Crippen LogP contribution in [-0.2, 0) is 22.6 Å². The Kier molecular flexibility index (Phi) is 15.8. The van der Waals surface area contributed by atoms with Crippen LogP contribution in [0.3, 0.4) is 0 Å². The van der Waals surface area contributed by atoms with E-state index in [1.54, 1.807) is 46.3 Å². The van der Waals surface area contributed by atoms with Crippen LogP contribution in [0, 0.1) is 11.8 Å². The smallest absolute Gasteiger partial charge is 0.273 e. The number of nitrogens with zero attached hydrogens (tertiary/aromatic N) is 9. The van der Waals surface area contributed by atoms with Crippen molar-refractivity contribution >= 4 is 56.8 Å². The van der Waals surface area contributed by atoms with E-state index < -0.39 is 29.2 Å². The van der Waals surface area contributed by atoms with E-state index in [-0.39, 0.29) is 28.9 Å². The van der Waals surface area contributed by atoms with Crippen molar-refractivity contribution in [3.05, 3.63) is 154 Å². The van der Waals surface area contributed by atoms with Crippen LogP contribution in [0.15, 0.2) is 115 Å². The van der Waals surface area contributed by atoms with Crippen molar-refractivity contribution in [1.82, 2.24) is 60.6 Å². The van der Waals surface area contributed by atoms with Crippen LogP contribution >= 0.6 is 0 Å². The second kappa shape index (κ2) is 23.4. The van der Waals surface area contributed by atoms with Crippen LogP contribution in [0.4, 0.5) is 11.6 Å². The molecule has 2 saturated heterocycles. The third-order valence-corrected chi connectivity index (χ3v) is 12.6. The molecule has 0 atom stereocenters. The van der Waals surface area contributed by atoms with Gasteiger partial charge in [0.05, 0.1) is 45.0 Å². The average molecular weight is 989 g/mol. The number of methoxy groups -OCH3 is 1. The van der Waals surface area contributed by atoms with Crippen molar-refractivity contribution in [2.45, 2.75) is 38.8 Å². The van der Waals surface area contributed by atoms with Gasteiger partial charge in [-0.15, -0.1) is 10.2 Å². The standard InChI is InChI=1S/C26H27N7O4.C25H25N7O4/c1-36-22-15-27-24(23(30-22)26(35)28-14-17-8-12-37-13-9-17)31-25(34)21-7-6-18(16-33-11-10-29-32-33)19-4-2-3-5-20(19)21;33-21-14-26-23(22(29-21)25(35)27-13-16-7-11-36-12-8-16)30-24(34)20-6-5-17(15-32-10-9-28-31-32)18-3-1-2-4-19(18)20/h2-7,10-11,15,17H,8-9,12-14,16H2,1H3,(H,28,35)(H,27,31,34);1-6,9-10,14,16H,7-8,11-13,15H2,(H,27,35)(H,29,33)(H,26,30,34). The molecule has 22 heteroatoms. The lowest BCUT2D eigenvalue weighted by atomic mass is 9.99. The topological polar surface area (TPSA) is 277 Å². The van der Waals surface area contributed by atoms with Crippen LogP contribution in [0.25, 0.3) is 21.5 Å². The predicted molar refractivity (Wildman–Crippen MR) is 267 cm³/mol. The second-order valence-electron chi connectivity index (χ2n) is 17.4. The van der Waals surface area contributed by atoms with E-state index in [0.29, 0.717) is 75.6 Å². The number of amides is 4. The maximum atomic E-state index is 13.4. The molecule has 4 aromatic carbocycles. The number of hydrogen-bond donors (Lipinski definition) is 5. The molecule has 4 aromatic heterocycles. The summed E-state index contributed by atoms with van der Waals surface area (Å²) in [4.78, 5) is 79.6. The molecule has 0 bridgehead atoms. The number of carbonyl (C=O) groups is 4. The Labute approximate surface area is 417 Å². The number of rotatable bonds is 15. The number of benzene rings is 4. The van der Waals surface area contributed by atoms with Crippen LogP contribution in [-0.4, -0.2) is 120 Å². The Morgan fingerprint density at radius 1 is 0.630 bits per heavy atom. The fourth-order valence-electron chi connectivity index (χ4n) is 8.66. The van der Waals surface area contributed by atoms with Gasteiger partial charge < -0.3 is 40.5 Å². The van der Waals surface area contributed by atoms with Gasteiger partial charge in [0.25, 0.3) is 29.2 Å². The Balaban J connectivity index is 0.000000180. The van der Waals surface area contributed by atoms with Gasteiger partial charge >= 0.3 is 0 Å². The van der Waals surface area contributed by atoms with Gasteiger partial charge in [-0.05, 0) is 82.3 Å². The molecule has 0 spiro atoms. The molecule has 0 saturated carbocycles. The molecule has 2 aliphatic rings. The summed E-state index contributed by atoms with van der Waals surface area (Å²) >= 11 is 0. The van der Waals surface area contributed by atoms with Gasteiger partial charge in [0, 0.05) is 63.0 Å². The van der Waals surface area contributed by atoms with Gasteiger partial charge in [0.15, 0.2) is 23.0 Å². The molecule has 0 aliphatic carbocycles. The lowest BCUT2D eigenvalue weighted by Gasteiger charge is -2.22. The van der Waals surface area contributed by atoms with Crippen molar-refractivity contribution in [1.29, 1.82) is 0 Å². The van der Waals surface area contributed by atoms with Gasteiger partial charge in [-0.3, -0.25) is 24.0 Å². The zero-order valence-electron chi connectivity index (χ0n) is 39.8. The third kappa shape index (κ3) is 12.2. The van der Waals surface area contributed by atoms with E-state index in [9.17, 15) is 24.0 Å². The SMILES string of the molecule is COc1cnc(NC(=O)c2ccc(Cn3ccnn3)c3ccccc23)c(C(=O)NCC2CCOCC2)n1.O=C(NCC1CCOCC1)c1[nH]c(=O)cnc1NC(=O)c1ccc(Cn2ccnn2)c2ccccc12. The molecule has 6 heterocycles. The van der Waals surface area contributed by atoms with Crippen LogP contribution < -0.4 is 31.6 Å². The molecule has 2 aliphatic heterocycles. The number of aromatic nitrogens is 10. The van der Waals surface area contributed by atoms with Crippen molar-refractivity contribution < 1.29 is 33.4 Å².